The zero-order valence-corrected chi connectivity index (χ0v) is 12.8. The first kappa shape index (κ1) is 13.5. The molecule has 0 unspecified atom stereocenters. The number of hydrogen-bond acceptors (Lipinski definition) is 1. The van der Waals surface area contributed by atoms with Crippen LogP contribution in [0.2, 0.25) is 0 Å². The van der Waals surface area contributed by atoms with E-state index in [0.717, 1.165) is 6.54 Å². The SMILES string of the molecule is CC(C)(C)CN1CCc2cc(C(C)(C)C)ccc21. The molecular weight excluding hydrogens is 218 g/mol. The molecule has 1 aliphatic rings. The maximum Gasteiger partial charge on any atom is 0.0399 e. The Morgan fingerprint density at radius 1 is 1.06 bits per heavy atom. The predicted octanol–water partition coefficient (Wildman–Crippen LogP) is 4.39. The number of fused-ring (bicyclic) bond motifs is 1. The van der Waals surface area contributed by atoms with Crippen molar-refractivity contribution in [2.24, 2.45) is 5.41 Å². The Bertz CT molecular complexity index is 432. The highest BCUT2D eigenvalue weighted by molar-refractivity contribution is 5.59. The fraction of sp³-hybridized carbons (Fsp3) is 0.647. The van der Waals surface area contributed by atoms with Crippen LogP contribution in [0.25, 0.3) is 0 Å². The maximum atomic E-state index is 2.54. The van der Waals surface area contributed by atoms with Gasteiger partial charge >= 0.3 is 0 Å². The summed E-state index contributed by atoms with van der Waals surface area (Å²) in [7, 11) is 0. The van der Waals surface area contributed by atoms with E-state index in [0.29, 0.717) is 5.41 Å². The highest BCUT2D eigenvalue weighted by atomic mass is 15.2. The Morgan fingerprint density at radius 2 is 1.72 bits per heavy atom. The van der Waals surface area contributed by atoms with Crippen molar-refractivity contribution in [1.29, 1.82) is 0 Å². The van der Waals surface area contributed by atoms with Crippen LogP contribution >= 0.6 is 0 Å². The molecule has 0 fully saturated rings. The second kappa shape index (κ2) is 4.29. The topological polar surface area (TPSA) is 3.24 Å². The number of benzene rings is 1. The predicted molar refractivity (Wildman–Crippen MR) is 80.5 cm³/mol. The summed E-state index contributed by atoms with van der Waals surface area (Å²) in [6.45, 7) is 16.1. The monoisotopic (exact) mass is 245 g/mol. The van der Waals surface area contributed by atoms with Crippen LogP contribution in [0.5, 0.6) is 0 Å². The lowest BCUT2D eigenvalue weighted by Gasteiger charge is -2.29. The molecule has 0 N–H and O–H groups in total. The van der Waals surface area contributed by atoms with Crippen molar-refractivity contribution in [3.63, 3.8) is 0 Å². The molecule has 0 amide bonds. The minimum absolute atomic E-state index is 0.256. The molecule has 0 spiro atoms. The number of anilines is 1. The van der Waals surface area contributed by atoms with Gasteiger partial charge in [0.1, 0.15) is 0 Å². The quantitative estimate of drug-likeness (QED) is 0.709. The zero-order chi connectivity index (χ0) is 13.6. The summed E-state index contributed by atoms with van der Waals surface area (Å²) in [5, 5.41) is 0. The molecule has 0 saturated heterocycles. The summed E-state index contributed by atoms with van der Waals surface area (Å²) >= 11 is 0. The Morgan fingerprint density at radius 3 is 2.28 bits per heavy atom. The minimum Gasteiger partial charge on any atom is -0.370 e. The van der Waals surface area contributed by atoms with Crippen LogP contribution in [-0.4, -0.2) is 13.1 Å². The van der Waals surface area contributed by atoms with Crippen molar-refractivity contribution in [3.8, 4) is 0 Å². The van der Waals surface area contributed by atoms with E-state index < -0.39 is 0 Å². The second-order valence-corrected chi connectivity index (χ2v) is 7.83. The smallest absolute Gasteiger partial charge is 0.0399 e. The molecule has 0 atom stereocenters. The summed E-state index contributed by atoms with van der Waals surface area (Å²) < 4.78 is 0. The lowest BCUT2D eigenvalue weighted by atomic mass is 9.86. The molecule has 100 valence electrons. The molecule has 18 heavy (non-hydrogen) atoms. The molecular formula is C17H27N. The second-order valence-electron chi connectivity index (χ2n) is 7.83. The van der Waals surface area contributed by atoms with Gasteiger partial charge in [-0.1, -0.05) is 53.7 Å². The number of hydrogen-bond donors (Lipinski definition) is 0. The Labute approximate surface area is 112 Å². The third-order valence-corrected chi connectivity index (χ3v) is 3.60. The van der Waals surface area contributed by atoms with Gasteiger partial charge in [0.05, 0.1) is 0 Å². The third-order valence-electron chi connectivity index (χ3n) is 3.60. The van der Waals surface area contributed by atoms with Gasteiger partial charge in [0, 0.05) is 18.8 Å². The molecule has 1 heterocycles. The van der Waals surface area contributed by atoms with E-state index >= 15 is 0 Å². The van der Waals surface area contributed by atoms with Gasteiger partial charge in [-0.25, -0.2) is 0 Å². The molecule has 0 aromatic heterocycles. The maximum absolute atomic E-state index is 2.54. The number of rotatable bonds is 1. The van der Waals surface area contributed by atoms with Gasteiger partial charge in [-0.3, -0.25) is 0 Å². The van der Waals surface area contributed by atoms with Gasteiger partial charge in [-0.05, 0) is 34.4 Å². The summed E-state index contributed by atoms with van der Waals surface area (Å²) in [6, 6.07) is 7.05. The molecule has 0 aliphatic carbocycles. The van der Waals surface area contributed by atoms with E-state index in [1.54, 1.807) is 0 Å². The van der Waals surface area contributed by atoms with Crippen molar-refractivity contribution in [1.82, 2.24) is 0 Å². The van der Waals surface area contributed by atoms with Crippen LogP contribution in [0, 0.1) is 5.41 Å². The fourth-order valence-electron chi connectivity index (χ4n) is 2.67. The molecule has 1 aromatic carbocycles. The first-order valence-electron chi connectivity index (χ1n) is 7.05. The largest absolute Gasteiger partial charge is 0.370 e. The van der Waals surface area contributed by atoms with Crippen molar-refractivity contribution < 1.29 is 0 Å². The van der Waals surface area contributed by atoms with Gasteiger partial charge in [-0.2, -0.15) is 0 Å². The molecule has 0 radical (unpaired) electrons. The molecule has 1 heteroatoms. The van der Waals surface area contributed by atoms with Gasteiger partial charge in [-0.15, -0.1) is 0 Å². The summed E-state index contributed by atoms with van der Waals surface area (Å²) in [5.41, 5.74) is 5.07. The van der Waals surface area contributed by atoms with Crippen molar-refractivity contribution in [3.05, 3.63) is 29.3 Å². The van der Waals surface area contributed by atoms with E-state index in [1.165, 1.54) is 29.8 Å². The molecule has 0 saturated carbocycles. The Balaban J connectivity index is 2.26. The van der Waals surface area contributed by atoms with Crippen LogP contribution in [0.1, 0.15) is 52.7 Å². The average Bonchev–Trinajstić information content (AvgIpc) is 2.57. The van der Waals surface area contributed by atoms with Crippen molar-refractivity contribution in [2.45, 2.75) is 53.4 Å². The van der Waals surface area contributed by atoms with Crippen molar-refractivity contribution in [2.75, 3.05) is 18.0 Å². The normalized spacial score (nSPS) is 16.0. The van der Waals surface area contributed by atoms with Crippen LogP contribution in [0.15, 0.2) is 18.2 Å². The van der Waals surface area contributed by atoms with Gasteiger partial charge in [0.15, 0.2) is 0 Å². The van der Waals surface area contributed by atoms with E-state index in [4.69, 9.17) is 0 Å². The molecule has 0 bridgehead atoms. The van der Waals surface area contributed by atoms with Crippen LogP contribution < -0.4 is 4.90 Å². The minimum atomic E-state index is 0.256. The average molecular weight is 245 g/mol. The summed E-state index contributed by atoms with van der Waals surface area (Å²) in [4.78, 5) is 2.54. The van der Waals surface area contributed by atoms with Crippen LogP contribution in [0.3, 0.4) is 0 Å². The summed E-state index contributed by atoms with van der Waals surface area (Å²) in [5.74, 6) is 0. The Hall–Kier alpha value is -0.980. The first-order valence-corrected chi connectivity index (χ1v) is 7.05. The third kappa shape index (κ3) is 2.88. The lowest BCUT2D eigenvalue weighted by Crippen LogP contribution is -2.31. The molecule has 2 rings (SSSR count). The fourth-order valence-corrected chi connectivity index (χ4v) is 2.67. The van der Waals surface area contributed by atoms with E-state index in [1.807, 2.05) is 0 Å². The standard InChI is InChI=1S/C17H27N/c1-16(2,3)12-18-10-9-13-11-14(17(4,5)6)7-8-15(13)18/h7-8,11H,9-10,12H2,1-6H3. The van der Waals surface area contributed by atoms with E-state index in [2.05, 4.69) is 64.6 Å². The lowest BCUT2D eigenvalue weighted by molar-refractivity contribution is 0.414. The van der Waals surface area contributed by atoms with Gasteiger partial charge in [0.25, 0.3) is 0 Å². The molecule has 1 aliphatic heterocycles. The van der Waals surface area contributed by atoms with Crippen LogP contribution in [-0.2, 0) is 11.8 Å². The Kier molecular flexibility index (Phi) is 3.21. The van der Waals surface area contributed by atoms with Crippen molar-refractivity contribution >= 4 is 5.69 Å². The molecule has 1 nitrogen and oxygen atoms in total. The van der Waals surface area contributed by atoms with E-state index in [-0.39, 0.29) is 5.41 Å². The highest BCUT2D eigenvalue weighted by Gasteiger charge is 2.25. The molecule has 1 aromatic rings. The highest BCUT2D eigenvalue weighted by Crippen LogP contribution is 2.34. The van der Waals surface area contributed by atoms with Gasteiger partial charge in [0.2, 0.25) is 0 Å². The first-order chi connectivity index (χ1) is 8.17. The van der Waals surface area contributed by atoms with E-state index in [9.17, 15) is 0 Å². The zero-order valence-electron chi connectivity index (χ0n) is 12.8. The summed E-state index contributed by atoms with van der Waals surface area (Å²) in [6.07, 6.45) is 1.20. The van der Waals surface area contributed by atoms with Crippen LogP contribution in [0.4, 0.5) is 5.69 Å². The van der Waals surface area contributed by atoms with Gasteiger partial charge < -0.3 is 4.90 Å². The number of nitrogens with zero attached hydrogens (tertiary/aromatic N) is 1.